The maximum Gasteiger partial charge on any atom is 0.123 e. The molecule has 116 valence electrons. The molecule has 1 aliphatic heterocycles. The van der Waals surface area contributed by atoms with Crippen molar-refractivity contribution in [2.45, 2.75) is 44.6 Å². The Balaban J connectivity index is 1.48. The second kappa shape index (κ2) is 6.32. The van der Waals surface area contributed by atoms with Gasteiger partial charge in [0.2, 0.25) is 0 Å². The van der Waals surface area contributed by atoms with Gasteiger partial charge in [0.25, 0.3) is 0 Å². The Morgan fingerprint density at radius 3 is 2.86 bits per heavy atom. The van der Waals surface area contributed by atoms with Crippen molar-refractivity contribution >= 4 is 0 Å². The smallest absolute Gasteiger partial charge is 0.123 e. The van der Waals surface area contributed by atoms with Gasteiger partial charge in [-0.25, -0.2) is 4.39 Å². The zero-order valence-corrected chi connectivity index (χ0v) is 12.4. The van der Waals surface area contributed by atoms with Crippen molar-refractivity contribution in [3.63, 3.8) is 0 Å². The summed E-state index contributed by atoms with van der Waals surface area (Å²) in [4.78, 5) is 0. The summed E-state index contributed by atoms with van der Waals surface area (Å²) in [6, 6.07) is 4.71. The zero-order valence-electron chi connectivity index (χ0n) is 12.4. The van der Waals surface area contributed by atoms with E-state index in [1.165, 1.54) is 25.3 Å². The van der Waals surface area contributed by atoms with Crippen LogP contribution in [-0.4, -0.2) is 30.9 Å². The molecule has 3 nitrogen and oxygen atoms in total. The Kier molecular flexibility index (Phi) is 4.45. The molecule has 0 saturated heterocycles. The van der Waals surface area contributed by atoms with Crippen LogP contribution in [0.5, 0.6) is 5.75 Å². The SMILES string of the molecule is OCC1(CNCC2Cc3cc(F)ccc3O2)CCCCC1. The van der Waals surface area contributed by atoms with Crippen LogP contribution >= 0.6 is 0 Å². The number of rotatable bonds is 5. The summed E-state index contributed by atoms with van der Waals surface area (Å²) in [7, 11) is 0. The highest BCUT2D eigenvalue weighted by Crippen LogP contribution is 2.35. The fraction of sp³-hybridized carbons (Fsp3) is 0.647. The monoisotopic (exact) mass is 293 g/mol. The molecule has 2 N–H and O–H groups in total. The number of benzene rings is 1. The third-order valence-electron chi connectivity index (χ3n) is 4.89. The van der Waals surface area contributed by atoms with E-state index in [4.69, 9.17) is 4.74 Å². The standard InChI is InChI=1S/C17H24FNO2/c18-14-4-5-16-13(8-14)9-15(21-16)10-19-11-17(12-20)6-2-1-3-7-17/h4-5,8,15,19-20H,1-3,6-7,9-12H2. The minimum absolute atomic E-state index is 0.0514. The second-order valence-electron chi connectivity index (χ2n) is 6.55. The molecule has 1 aromatic rings. The lowest BCUT2D eigenvalue weighted by Gasteiger charge is -2.36. The van der Waals surface area contributed by atoms with Gasteiger partial charge < -0.3 is 15.2 Å². The minimum atomic E-state index is -0.201. The van der Waals surface area contributed by atoms with Gasteiger partial charge in [-0.1, -0.05) is 19.3 Å². The highest BCUT2D eigenvalue weighted by Gasteiger charge is 2.31. The Hall–Kier alpha value is -1.13. The van der Waals surface area contributed by atoms with Crippen molar-refractivity contribution in [2.75, 3.05) is 19.7 Å². The molecule has 0 bridgehead atoms. The Morgan fingerprint density at radius 2 is 2.10 bits per heavy atom. The topological polar surface area (TPSA) is 41.5 Å². The van der Waals surface area contributed by atoms with Crippen LogP contribution in [0.2, 0.25) is 0 Å². The summed E-state index contributed by atoms with van der Waals surface area (Å²) in [5.74, 6) is 0.602. The number of aliphatic hydroxyl groups excluding tert-OH is 1. The number of halogens is 1. The first kappa shape index (κ1) is 14.8. The number of ether oxygens (including phenoxy) is 1. The van der Waals surface area contributed by atoms with Crippen molar-refractivity contribution in [1.82, 2.24) is 5.32 Å². The molecule has 0 radical (unpaired) electrons. The van der Waals surface area contributed by atoms with Gasteiger partial charge in [0.05, 0.1) is 0 Å². The lowest BCUT2D eigenvalue weighted by Crippen LogP contribution is -2.42. The molecular weight excluding hydrogens is 269 g/mol. The van der Waals surface area contributed by atoms with Crippen LogP contribution < -0.4 is 10.1 Å². The van der Waals surface area contributed by atoms with E-state index in [-0.39, 0.29) is 23.9 Å². The van der Waals surface area contributed by atoms with Gasteiger partial charge in [0, 0.05) is 37.1 Å². The van der Waals surface area contributed by atoms with E-state index in [2.05, 4.69) is 5.32 Å². The van der Waals surface area contributed by atoms with E-state index in [9.17, 15) is 9.50 Å². The van der Waals surface area contributed by atoms with Crippen molar-refractivity contribution in [1.29, 1.82) is 0 Å². The number of nitrogens with one attached hydrogen (secondary N) is 1. The highest BCUT2D eigenvalue weighted by atomic mass is 19.1. The maximum absolute atomic E-state index is 13.2. The molecule has 2 aliphatic rings. The normalized spacial score (nSPS) is 23.6. The van der Waals surface area contributed by atoms with E-state index >= 15 is 0 Å². The Morgan fingerprint density at radius 1 is 1.29 bits per heavy atom. The third-order valence-corrected chi connectivity index (χ3v) is 4.89. The largest absolute Gasteiger partial charge is 0.488 e. The van der Waals surface area contributed by atoms with Crippen molar-refractivity contribution < 1.29 is 14.2 Å². The quantitative estimate of drug-likeness (QED) is 0.877. The van der Waals surface area contributed by atoms with Gasteiger partial charge in [-0.2, -0.15) is 0 Å². The molecule has 21 heavy (non-hydrogen) atoms. The highest BCUT2D eigenvalue weighted by molar-refractivity contribution is 5.37. The summed E-state index contributed by atoms with van der Waals surface area (Å²) in [6.45, 7) is 1.85. The molecule has 1 heterocycles. The molecule has 0 aromatic heterocycles. The number of fused-ring (bicyclic) bond motifs is 1. The molecule has 0 spiro atoms. The Bertz CT molecular complexity index is 486. The van der Waals surface area contributed by atoms with Crippen molar-refractivity contribution in [3.8, 4) is 5.75 Å². The molecule has 1 aliphatic carbocycles. The Labute approximate surface area is 125 Å². The molecule has 0 amide bonds. The van der Waals surface area contributed by atoms with Gasteiger partial charge in [-0.3, -0.25) is 0 Å². The molecule has 3 rings (SSSR count). The van der Waals surface area contributed by atoms with Gasteiger partial charge in [0.15, 0.2) is 0 Å². The molecule has 1 saturated carbocycles. The van der Waals surface area contributed by atoms with Crippen LogP contribution in [0.1, 0.15) is 37.7 Å². The van der Waals surface area contributed by atoms with Gasteiger partial charge in [-0.15, -0.1) is 0 Å². The molecule has 1 fully saturated rings. The zero-order chi connectivity index (χ0) is 14.7. The van der Waals surface area contributed by atoms with Crippen LogP contribution in [0, 0.1) is 11.2 Å². The summed E-state index contributed by atoms with van der Waals surface area (Å²) in [6.07, 6.45) is 6.75. The van der Waals surface area contributed by atoms with Gasteiger partial charge >= 0.3 is 0 Å². The van der Waals surface area contributed by atoms with Crippen LogP contribution in [0.4, 0.5) is 4.39 Å². The fourth-order valence-corrected chi connectivity index (χ4v) is 3.59. The van der Waals surface area contributed by atoms with Crippen molar-refractivity contribution in [3.05, 3.63) is 29.6 Å². The first-order valence-corrected chi connectivity index (χ1v) is 7.97. The molecule has 4 heteroatoms. The average molecular weight is 293 g/mol. The van der Waals surface area contributed by atoms with E-state index in [1.54, 1.807) is 12.1 Å². The van der Waals surface area contributed by atoms with Crippen LogP contribution in [0.25, 0.3) is 0 Å². The van der Waals surface area contributed by atoms with Gasteiger partial charge in [0.1, 0.15) is 17.7 Å². The van der Waals surface area contributed by atoms with Gasteiger partial charge in [-0.05, 0) is 31.0 Å². The fourth-order valence-electron chi connectivity index (χ4n) is 3.59. The van der Waals surface area contributed by atoms with E-state index in [1.807, 2.05) is 0 Å². The van der Waals surface area contributed by atoms with E-state index in [0.717, 1.165) is 43.7 Å². The second-order valence-corrected chi connectivity index (χ2v) is 6.55. The molecule has 1 atom stereocenters. The van der Waals surface area contributed by atoms with E-state index in [0.29, 0.717) is 0 Å². The number of hydrogen-bond donors (Lipinski definition) is 2. The average Bonchev–Trinajstić information content (AvgIpc) is 2.90. The minimum Gasteiger partial charge on any atom is -0.488 e. The first-order chi connectivity index (χ1) is 10.2. The summed E-state index contributed by atoms with van der Waals surface area (Å²) >= 11 is 0. The van der Waals surface area contributed by atoms with E-state index < -0.39 is 0 Å². The predicted octanol–water partition coefficient (Wildman–Crippen LogP) is 2.66. The van der Waals surface area contributed by atoms with Crippen molar-refractivity contribution in [2.24, 2.45) is 5.41 Å². The number of hydrogen-bond acceptors (Lipinski definition) is 3. The number of aliphatic hydroxyl groups is 1. The first-order valence-electron chi connectivity index (χ1n) is 7.97. The lowest BCUT2D eigenvalue weighted by molar-refractivity contribution is 0.0782. The van der Waals surface area contributed by atoms with Crippen LogP contribution in [0.15, 0.2) is 18.2 Å². The molecular formula is C17H24FNO2. The molecule has 1 aromatic carbocycles. The summed E-state index contributed by atoms with van der Waals surface area (Å²) in [5.41, 5.74) is 1.01. The predicted molar refractivity (Wildman–Crippen MR) is 80.0 cm³/mol. The lowest BCUT2D eigenvalue weighted by atomic mass is 9.74. The summed E-state index contributed by atoms with van der Waals surface area (Å²) in [5, 5.41) is 13.2. The molecule has 1 unspecified atom stereocenters. The summed E-state index contributed by atoms with van der Waals surface area (Å²) < 4.78 is 19.0. The van der Waals surface area contributed by atoms with Crippen LogP contribution in [-0.2, 0) is 6.42 Å². The third kappa shape index (κ3) is 3.38. The van der Waals surface area contributed by atoms with Crippen LogP contribution in [0.3, 0.4) is 0 Å². The maximum atomic E-state index is 13.2.